The van der Waals surface area contributed by atoms with Gasteiger partial charge in [-0.3, -0.25) is 4.98 Å². The van der Waals surface area contributed by atoms with Crippen LogP contribution in [0.15, 0.2) is 6.07 Å². The average molecular weight is 251 g/mol. The van der Waals surface area contributed by atoms with Gasteiger partial charge in [0.05, 0.1) is 10.4 Å². The molecule has 0 aliphatic heterocycles. The van der Waals surface area contributed by atoms with Crippen LogP contribution in [0.5, 0.6) is 0 Å². The summed E-state index contributed by atoms with van der Waals surface area (Å²) in [6.45, 7) is 10.5. The minimum Gasteiger partial charge on any atom is -0.256 e. The van der Waals surface area contributed by atoms with Gasteiger partial charge >= 0.3 is 0 Å². The summed E-state index contributed by atoms with van der Waals surface area (Å²) in [7, 11) is 0. The number of fused-ring (bicyclic) bond motifs is 1. The van der Waals surface area contributed by atoms with Crippen molar-refractivity contribution in [2.24, 2.45) is 0 Å². The average Bonchev–Trinajstić information content (AvgIpc) is 2.58. The first-order chi connectivity index (χ1) is 7.84. The highest BCUT2D eigenvalue weighted by molar-refractivity contribution is 7.17. The standard InChI is InChI=1S/C14H18FNS/c1-6-9-10-7-11(15)17-12(10)8(2)16-13(9)14(3,4)5/h7H,6H2,1-5H3. The van der Waals surface area contributed by atoms with Gasteiger partial charge in [-0.1, -0.05) is 27.7 Å². The van der Waals surface area contributed by atoms with Crippen LogP contribution in [0.2, 0.25) is 0 Å². The Morgan fingerprint density at radius 1 is 1.35 bits per heavy atom. The van der Waals surface area contributed by atoms with E-state index >= 15 is 0 Å². The smallest absolute Gasteiger partial charge is 0.177 e. The van der Waals surface area contributed by atoms with Crippen molar-refractivity contribution in [3.63, 3.8) is 0 Å². The minimum absolute atomic E-state index is 0.00268. The van der Waals surface area contributed by atoms with E-state index < -0.39 is 0 Å². The van der Waals surface area contributed by atoms with Crippen LogP contribution in [0.3, 0.4) is 0 Å². The molecule has 3 heteroatoms. The second-order valence-electron chi connectivity index (χ2n) is 5.42. The van der Waals surface area contributed by atoms with Gasteiger partial charge in [0.25, 0.3) is 0 Å². The Morgan fingerprint density at radius 3 is 2.53 bits per heavy atom. The zero-order valence-corrected chi connectivity index (χ0v) is 11.8. The van der Waals surface area contributed by atoms with E-state index in [1.54, 1.807) is 6.07 Å². The molecule has 0 radical (unpaired) electrons. The lowest BCUT2D eigenvalue weighted by Gasteiger charge is -2.22. The third kappa shape index (κ3) is 2.08. The van der Waals surface area contributed by atoms with Gasteiger partial charge in [0.1, 0.15) is 0 Å². The second-order valence-corrected chi connectivity index (χ2v) is 6.42. The Morgan fingerprint density at radius 2 is 2.00 bits per heavy atom. The van der Waals surface area contributed by atoms with Crippen molar-refractivity contribution < 1.29 is 4.39 Å². The summed E-state index contributed by atoms with van der Waals surface area (Å²) in [5, 5.41) is 0.929. The first-order valence-electron chi connectivity index (χ1n) is 5.93. The van der Waals surface area contributed by atoms with Crippen LogP contribution >= 0.6 is 11.3 Å². The van der Waals surface area contributed by atoms with Crippen LogP contribution in [-0.2, 0) is 11.8 Å². The number of halogens is 1. The molecule has 0 aromatic carbocycles. The predicted octanol–water partition coefficient (Wildman–Crippen LogP) is 4.60. The molecule has 0 atom stereocenters. The molecule has 17 heavy (non-hydrogen) atoms. The summed E-state index contributed by atoms with van der Waals surface area (Å²) in [6.07, 6.45) is 0.895. The molecule has 2 rings (SSSR count). The lowest BCUT2D eigenvalue weighted by atomic mass is 9.86. The van der Waals surface area contributed by atoms with Crippen LogP contribution in [0.25, 0.3) is 10.1 Å². The number of rotatable bonds is 1. The van der Waals surface area contributed by atoms with Crippen molar-refractivity contribution in [1.82, 2.24) is 4.98 Å². The quantitative estimate of drug-likeness (QED) is 0.721. The largest absolute Gasteiger partial charge is 0.256 e. The maximum Gasteiger partial charge on any atom is 0.177 e. The van der Waals surface area contributed by atoms with Crippen LogP contribution < -0.4 is 0 Å². The molecular formula is C14H18FNS. The Kier molecular flexibility index (Phi) is 2.98. The molecule has 0 aliphatic carbocycles. The molecule has 0 bridgehead atoms. The number of nitrogens with zero attached hydrogens (tertiary/aromatic N) is 1. The van der Waals surface area contributed by atoms with Crippen LogP contribution in [0.4, 0.5) is 4.39 Å². The molecule has 0 fully saturated rings. The summed E-state index contributed by atoms with van der Waals surface area (Å²) in [5.74, 6) is 0. The third-order valence-corrected chi connectivity index (χ3v) is 4.02. The van der Waals surface area contributed by atoms with Crippen molar-refractivity contribution in [3.05, 3.63) is 28.1 Å². The maximum atomic E-state index is 13.4. The Bertz CT molecular complexity index is 564. The van der Waals surface area contributed by atoms with Gasteiger partial charge in [-0.2, -0.15) is 4.39 Å². The first kappa shape index (κ1) is 12.5. The molecular weight excluding hydrogens is 233 g/mol. The van der Waals surface area contributed by atoms with Gasteiger partial charge in [0.2, 0.25) is 0 Å². The van der Waals surface area contributed by atoms with E-state index in [4.69, 9.17) is 4.98 Å². The molecule has 0 unspecified atom stereocenters. The van der Waals surface area contributed by atoms with Crippen LogP contribution in [0, 0.1) is 12.1 Å². The molecule has 0 saturated carbocycles. The predicted molar refractivity (Wildman–Crippen MR) is 72.4 cm³/mol. The van der Waals surface area contributed by atoms with Crippen molar-refractivity contribution in [2.45, 2.75) is 46.5 Å². The topological polar surface area (TPSA) is 12.9 Å². The number of thiophene rings is 1. The maximum absolute atomic E-state index is 13.4. The summed E-state index contributed by atoms with van der Waals surface area (Å²) in [6, 6.07) is 1.66. The summed E-state index contributed by atoms with van der Waals surface area (Å²) in [4.78, 5) is 4.70. The van der Waals surface area contributed by atoms with Crippen molar-refractivity contribution >= 4 is 21.4 Å². The molecule has 0 N–H and O–H groups in total. The zero-order valence-electron chi connectivity index (χ0n) is 11.0. The fraction of sp³-hybridized carbons (Fsp3) is 0.500. The van der Waals surface area contributed by atoms with E-state index in [0.717, 1.165) is 27.9 Å². The molecule has 2 heterocycles. The highest BCUT2D eigenvalue weighted by Crippen LogP contribution is 2.35. The summed E-state index contributed by atoms with van der Waals surface area (Å²) >= 11 is 1.20. The number of pyridine rings is 1. The second kappa shape index (κ2) is 4.05. The number of hydrogen-bond donors (Lipinski definition) is 0. The Labute approximate surface area is 106 Å². The molecule has 0 saturated heterocycles. The van der Waals surface area contributed by atoms with Gasteiger partial charge in [0, 0.05) is 16.5 Å². The zero-order chi connectivity index (χ0) is 12.8. The van der Waals surface area contributed by atoms with E-state index in [2.05, 4.69) is 27.7 Å². The van der Waals surface area contributed by atoms with Crippen LogP contribution in [-0.4, -0.2) is 4.98 Å². The van der Waals surface area contributed by atoms with Gasteiger partial charge in [-0.25, -0.2) is 0 Å². The third-order valence-electron chi connectivity index (χ3n) is 2.99. The van der Waals surface area contributed by atoms with Gasteiger partial charge in [-0.15, -0.1) is 11.3 Å². The molecule has 0 amide bonds. The highest BCUT2D eigenvalue weighted by atomic mass is 32.1. The molecule has 2 aromatic rings. The first-order valence-corrected chi connectivity index (χ1v) is 6.75. The summed E-state index contributed by atoms with van der Waals surface area (Å²) in [5.41, 5.74) is 3.24. The molecule has 0 spiro atoms. The van der Waals surface area contributed by atoms with E-state index in [9.17, 15) is 4.39 Å². The van der Waals surface area contributed by atoms with Gasteiger partial charge < -0.3 is 0 Å². The monoisotopic (exact) mass is 251 g/mol. The molecule has 2 aromatic heterocycles. The van der Waals surface area contributed by atoms with Gasteiger partial charge in [0.15, 0.2) is 5.13 Å². The van der Waals surface area contributed by atoms with E-state index in [0.29, 0.717) is 0 Å². The van der Waals surface area contributed by atoms with E-state index in [1.807, 2.05) is 6.92 Å². The number of aryl methyl sites for hydroxylation is 2. The molecule has 1 nitrogen and oxygen atoms in total. The highest BCUT2D eigenvalue weighted by Gasteiger charge is 2.23. The van der Waals surface area contributed by atoms with Crippen molar-refractivity contribution in [3.8, 4) is 0 Å². The Balaban J connectivity index is 2.87. The number of hydrogen-bond acceptors (Lipinski definition) is 2. The number of aromatic nitrogens is 1. The SMILES string of the molecule is CCc1c(C(C)(C)C)nc(C)c2sc(F)cc12. The fourth-order valence-corrected chi connectivity index (χ4v) is 3.10. The molecule has 0 aliphatic rings. The van der Waals surface area contributed by atoms with Crippen molar-refractivity contribution in [2.75, 3.05) is 0 Å². The lowest BCUT2D eigenvalue weighted by Crippen LogP contribution is -2.17. The minimum atomic E-state index is -0.120. The fourth-order valence-electron chi connectivity index (χ4n) is 2.25. The van der Waals surface area contributed by atoms with E-state index in [-0.39, 0.29) is 10.5 Å². The van der Waals surface area contributed by atoms with E-state index in [1.165, 1.54) is 16.9 Å². The lowest BCUT2D eigenvalue weighted by molar-refractivity contribution is 0.561. The normalized spacial score (nSPS) is 12.4. The summed E-state index contributed by atoms with van der Waals surface area (Å²) < 4.78 is 14.4. The van der Waals surface area contributed by atoms with Crippen LogP contribution in [0.1, 0.15) is 44.6 Å². The molecule has 92 valence electrons. The Hall–Kier alpha value is -0.960. The van der Waals surface area contributed by atoms with Crippen molar-refractivity contribution in [1.29, 1.82) is 0 Å². The van der Waals surface area contributed by atoms with Gasteiger partial charge in [-0.05, 0) is 25.0 Å².